The second-order valence-corrected chi connectivity index (χ2v) is 7.40. The number of ether oxygens (including phenoxy) is 2. The van der Waals surface area contributed by atoms with Gasteiger partial charge in [-0.25, -0.2) is 4.79 Å². The standard InChI is InChI=1S/C18H33N3O4/c1-5-15(2)16(22)20-8-6-18(7-9-20)14-21(17(23)25-18)11-10-19(3)12-13-24-4/h15H,5-14H2,1-4H3/t15-/m1/s1. The molecule has 0 aromatic heterocycles. The minimum absolute atomic E-state index is 0.0688. The lowest BCUT2D eigenvalue weighted by molar-refractivity contribution is -0.138. The van der Waals surface area contributed by atoms with Crippen molar-refractivity contribution in [2.75, 3.05) is 60.0 Å². The molecule has 144 valence electrons. The number of likely N-dealkylation sites (N-methyl/N-ethyl adjacent to an activating group) is 1. The molecule has 25 heavy (non-hydrogen) atoms. The van der Waals surface area contributed by atoms with Crippen molar-refractivity contribution in [2.24, 2.45) is 5.92 Å². The van der Waals surface area contributed by atoms with Gasteiger partial charge in [0.2, 0.25) is 5.91 Å². The first-order valence-corrected chi connectivity index (χ1v) is 9.35. The molecule has 2 aliphatic rings. The number of likely N-dealkylation sites (tertiary alicyclic amines) is 1. The predicted octanol–water partition coefficient (Wildman–Crippen LogP) is 1.42. The first-order chi connectivity index (χ1) is 11.9. The van der Waals surface area contributed by atoms with Crippen LogP contribution in [0.1, 0.15) is 33.1 Å². The van der Waals surface area contributed by atoms with E-state index < -0.39 is 5.60 Å². The molecule has 2 heterocycles. The molecule has 7 nitrogen and oxygen atoms in total. The van der Waals surface area contributed by atoms with Crippen molar-refractivity contribution in [3.8, 4) is 0 Å². The van der Waals surface area contributed by atoms with Gasteiger partial charge in [0.15, 0.2) is 0 Å². The average molecular weight is 355 g/mol. The quantitative estimate of drug-likeness (QED) is 0.659. The molecule has 2 aliphatic heterocycles. The van der Waals surface area contributed by atoms with Crippen LogP contribution in [-0.4, -0.2) is 92.3 Å². The average Bonchev–Trinajstić information content (AvgIpc) is 2.92. The molecule has 1 spiro atoms. The van der Waals surface area contributed by atoms with E-state index in [9.17, 15) is 9.59 Å². The highest BCUT2D eigenvalue weighted by Crippen LogP contribution is 2.33. The summed E-state index contributed by atoms with van der Waals surface area (Å²) in [5.41, 5.74) is -0.408. The number of methoxy groups -OCH3 is 1. The third kappa shape index (κ3) is 5.07. The Labute approximate surface area is 151 Å². The molecule has 0 aromatic carbocycles. The van der Waals surface area contributed by atoms with Crippen LogP contribution < -0.4 is 0 Å². The summed E-state index contributed by atoms with van der Waals surface area (Å²) >= 11 is 0. The molecular formula is C18H33N3O4. The molecule has 0 aromatic rings. The third-order valence-corrected chi connectivity index (χ3v) is 5.49. The molecule has 7 heteroatoms. The summed E-state index contributed by atoms with van der Waals surface area (Å²) in [5, 5.41) is 0. The van der Waals surface area contributed by atoms with E-state index in [1.165, 1.54) is 0 Å². The van der Waals surface area contributed by atoms with Gasteiger partial charge in [-0.15, -0.1) is 0 Å². The van der Waals surface area contributed by atoms with Gasteiger partial charge in [0.1, 0.15) is 5.60 Å². The monoisotopic (exact) mass is 355 g/mol. The topological polar surface area (TPSA) is 62.3 Å². The number of rotatable bonds is 8. The van der Waals surface area contributed by atoms with Crippen molar-refractivity contribution in [2.45, 2.75) is 38.7 Å². The van der Waals surface area contributed by atoms with Gasteiger partial charge < -0.3 is 24.2 Å². The van der Waals surface area contributed by atoms with Gasteiger partial charge in [-0.3, -0.25) is 4.79 Å². The van der Waals surface area contributed by atoms with Gasteiger partial charge in [-0.05, 0) is 13.5 Å². The lowest BCUT2D eigenvalue weighted by atomic mass is 9.90. The van der Waals surface area contributed by atoms with Crippen molar-refractivity contribution in [1.82, 2.24) is 14.7 Å². The molecule has 2 fully saturated rings. The van der Waals surface area contributed by atoms with Crippen LogP contribution in [0.2, 0.25) is 0 Å². The van der Waals surface area contributed by atoms with E-state index in [1.807, 2.05) is 25.8 Å². The first-order valence-electron chi connectivity index (χ1n) is 9.35. The van der Waals surface area contributed by atoms with Crippen LogP contribution in [0.4, 0.5) is 4.79 Å². The van der Waals surface area contributed by atoms with E-state index in [0.29, 0.717) is 32.8 Å². The maximum absolute atomic E-state index is 12.3. The highest BCUT2D eigenvalue weighted by Gasteiger charge is 2.47. The van der Waals surface area contributed by atoms with Gasteiger partial charge in [0.25, 0.3) is 0 Å². The molecule has 0 N–H and O–H groups in total. The SMILES string of the molecule is CC[C@@H](C)C(=O)N1CCC2(CC1)CN(CCN(C)CCOC)C(=O)O2. The van der Waals surface area contributed by atoms with E-state index in [-0.39, 0.29) is 17.9 Å². The van der Waals surface area contributed by atoms with Crippen LogP contribution >= 0.6 is 0 Å². The van der Waals surface area contributed by atoms with Crippen LogP contribution in [0.25, 0.3) is 0 Å². The van der Waals surface area contributed by atoms with Crippen LogP contribution in [0.15, 0.2) is 0 Å². The molecular weight excluding hydrogens is 322 g/mol. The zero-order valence-electron chi connectivity index (χ0n) is 16.1. The lowest BCUT2D eigenvalue weighted by Crippen LogP contribution is -2.50. The molecule has 1 atom stereocenters. The molecule has 2 amide bonds. The maximum Gasteiger partial charge on any atom is 0.410 e. The number of piperidine rings is 1. The number of carbonyl (C=O) groups is 2. The summed E-state index contributed by atoms with van der Waals surface area (Å²) in [6, 6.07) is 0. The highest BCUT2D eigenvalue weighted by atomic mass is 16.6. The normalized spacial score (nSPS) is 21.1. The molecule has 0 aliphatic carbocycles. The van der Waals surface area contributed by atoms with Gasteiger partial charge in [0.05, 0.1) is 13.2 Å². The van der Waals surface area contributed by atoms with E-state index in [2.05, 4.69) is 4.90 Å². The summed E-state index contributed by atoms with van der Waals surface area (Å²) in [5.74, 6) is 0.289. The summed E-state index contributed by atoms with van der Waals surface area (Å²) in [7, 11) is 3.71. The number of hydrogen-bond donors (Lipinski definition) is 0. The third-order valence-electron chi connectivity index (χ3n) is 5.49. The van der Waals surface area contributed by atoms with Crippen LogP contribution in [-0.2, 0) is 14.3 Å². The van der Waals surface area contributed by atoms with Gasteiger partial charge in [0, 0.05) is 58.6 Å². The number of hydrogen-bond acceptors (Lipinski definition) is 5. The number of nitrogens with zero attached hydrogens (tertiary/aromatic N) is 3. The second-order valence-electron chi connectivity index (χ2n) is 7.40. The van der Waals surface area contributed by atoms with E-state index >= 15 is 0 Å². The summed E-state index contributed by atoms with van der Waals surface area (Å²) in [6.45, 7) is 9.00. The Morgan fingerprint density at radius 3 is 2.64 bits per heavy atom. The molecule has 0 bridgehead atoms. The van der Waals surface area contributed by atoms with Gasteiger partial charge in [-0.1, -0.05) is 13.8 Å². The van der Waals surface area contributed by atoms with E-state index in [0.717, 1.165) is 32.4 Å². The minimum Gasteiger partial charge on any atom is -0.441 e. The molecule has 0 radical (unpaired) electrons. The largest absolute Gasteiger partial charge is 0.441 e. The lowest BCUT2D eigenvalue weighted by Gasteiger charge is -2.38. The molecule has 2 saturated heterocycles. The molecule has 0 unspecified atom stereocenters. The molecule has 2 rings (SSSR count). The fourth-order valence-electron chi connectivity index (χ4n) is 3.40. The summed E-state index contributed by atoms with van der Waals surface area (Å²) in [4.78, 5) is 30.4. The zero-order chi connectivity index (χ0) is 18.4. The fourth-order valence-corrected chi connectivity index (χ4v) is 3.40. The smallest absolute Gasteiger partial charge is 0.410 e. The summed E-state index contributed by atoms with van der Waals surface area (Å²) < 4.78 is 10.8. The van der Waals surface area contributed by atoms with Gasteiger partial charge in [-0.2, -0.15) is 0 Å². The summed E-state index contributed by atoms with van der Waals surface area (Å²) in [6.07, 6.45) is 2.11. The number of carbonyl (C=O) groups excluding carboxylic acids is 2. The predicted molar refractivity (Wildman–Crippen MR) is 95.4 cm³/mol. The Bertz CT molecular complexity index is 463. The van der Waals surface area contributed by atoms with Crippen LogP contribution in [0.3, 0.4) is 0 Å². The van der Waals surface area contributed by atoms with E-state index in [1.54, 1.807) is 12.0 Å². The minimum atomic E-state index is -0.408. The maximum atomic E-state index is 12.3. The van der Waals surface area contributed by atoms with Crippen molar-refractivity contribution < 1.29 is 19.1 Å². The first kappa shape index (κ1) is 20.0. The Morgan fingerprint density at radius 1 is 1.36 bits per heavy atom. The van der Waals surface area contributed by atoms with Gasteiger partial charge >= 0.3 is 6.09 Å². The Balaban J connectivity index is 1.81. The van der Waals surface area contributed by atoms with Crippen molar-refractivity contribution in [1.29, 1.82) is 0 Å². The zero-order valence-corrected chi connectivity index (χ0v) is 16.1. The second kappa shape index (κ2) is 8.85. The Hall–Kier alpha value is -1.34. The van der Waals surface area contributed by atoms with Crippen LogP contribution in [0, 0.1) is 5.92 Å². The number of amides is 2. The Kier molecular flexibility index (Phi) is 7.07. The highest BCUT2D eigenvalue weighted by molar-refractivity contribution is 5.78. The molecule has 0 saturated carbocycles. The van der Waals surface area contributed by atoms with Crippen molar-refractivity contribution in [3.63, 3.8) is 0 Å². The van der Waals surface area contributed by atoms with E-state index in [4.69, 9.17) is 9.47 Å². The fraction of sp³-hybridized carbons (Fsp3) is 0.889. The van der Waals surface area contributed by atoms with Crippen LogP contribution in [0.5, 0.6) is 0 Å². The Morgan fingerprint density at radius 2 is 2.04 bits per heavy atom. The van der Waals surface area contributed by atoms with Crippen molar-refractivity contribution in [3.05, 3.63) is 0 Å². The van der Waals surface area contributed by atoms with Crippen molar-refractivity contribution >= 4 is 12.0 Å².